The van der Waals surface area contributed by atoms with Gasteiger partial charge in [-0.25, -0.2) is 0 Å². The summed E-state index contributed by atoms with van der Waals surface area (Å²) >= 11 is 7.86. The second kappa shape index (κ2) is 9.82. The van der Waals surface area contributed by atoms with Gasteiger partial charge >= 0.3 is 0 Å². The van der Waals surface area contributed by atoms with Crippen LogP contribution < -0.4 is 9.47 Å². The van der Waals surface area contributed by atoms with E-state index < -0.39 is 0 Å². The Morgan fingerprint density at radius 3 is 2.54 bits per heavy atom. The van der Waals surface area contributed by atoms with E-state index in [0.717, 1.165) is 27.9 Å². The third-order valence-corrected chi connectivity index (χ3v) is 5.50. The zero-order valence-corrected chi connectivity index (χ0v) is 17.3. The number of thioether (sulfide) groups is 1. The number of ether oxygens (including phenoxy) is 2. The molecule has 0 spiro atoms. The van der Waals surface area contributed by atoms with Crippen LogP contribution in [0.4, 0.5) is 0 Å². The van der Waals surface area contributed by atoms with Gasteiger partial charge in [0.05, 0.1) is 12.8 Å². The molecule has 0 bridgehead atoms. The van der Waals surface area contributed by atoms with Crippen LogP contribution in [0.15, 0.2) is 47.6 Å². The molecule has 148 valence electrons. The Labute approximate surface area is 173 Å². The lowest BCUT2D eigenvalue weighted by atomic mass is 10.2. The Bertz CT molecular complexity index is 916. The first-order valence-electron chi connectivity index (χ1n) is 8.83. The molecule has 0 aliphatic carbocycles. The molecule has 3 aromatic rings. The SMILES string of the molecule is COc1ccc(OCc2nnc(SCCCO)n2-c2ccc(C)c(Cl)c2)cc1. The van der Waals surface area contributed by atoms with Crippen LogP contribution in [0, 0.1) is 6.92 Å². The fraction of sp³-hybridized carbons (Fsp3) is 0.300. The number of halogens is 1. The molecule has 6 nitrogen and oxygen atoms in total. The van der Waals surface area contributed by atoms with Crippen molar-refractivity contribution in [2.75, 3.05) is 19.5 Å². The van der Waals surface area contributed by atoms with Crippen LogP contribution in [0.1, 0.15) is 17.8 Å². The molecule has 0 aliphatic rings. The van der Waals surface area contributed by atoms with Crippen molar-refractivity contribution >= 4 is 23.4 Å². The minimum Gasteiger partial charge on any atom is -0.497 e. The first-order chi connectivity index (χ1) is 13.6. The maximum atomic E-state index is 9.05. The van der Waals surface area contributed by atoms with E-state index in [1.807, 2.05) is 54.0 Å². The summed E-state index contributed by atoms with van der Waals surface area (Å²) in [6.45, 7) is 2.36. The Balaban J connectivity index is 1.85. The van der Waals surface area contributed by atoms with Gasteiger partial charge in [-0.3, -0.25) is 4.57 Å². The Kier molecular flexibility index (Phi) is 7.19. The van der Waals surface area contributed by atoms with Gasteiger partial charge in [-0.1, -0.05) is 29.4 Å². The third kappa shape index (κ3) is 4.98. The van der Waals surface area contributed by atoms with Crippen molar-refractivity contribution in [2.24, 2.45) is 0 Å². The predicted octanol–water partition coefficient (Wildman–Crippen LogP) is 4.29. The lowest BCUT2D eigenvalue weighted by Crippen LogP contribution is -2.07. The summed E-state index contributed by atoms with van der Waals surface area (Å²) in [5, 5.41) is 19.1. The van der Waals surface area contributed by atoms with Gasteiger partial charge in [-0.15, -0.1) is 10.2 Å². The average molecular weight is 420 g/mol. The molecular formula is C20H22ClN3O3S. The van der Waals surface area contributed by atoms with Gasteiger partial charge in [0.2, 0.25) is 0 Å². The van der Waals surface area contributed by atoms with Crippen LogP contribution in [0.25, 0.3) is 5.69 Å². The van der Waals surface area contributed by atoms with Crippen molar-refractivity contribution in [1.82, 2.24) is 14.8 Å². The molecule has 1 aromatic heterocycles. The highest BCUT2D eigenvalue weighted by Gasteiger charge is 2.16. The molecule has 28 heavy (non-hydrogen) atoms. The van der Waals surface area contributed by atoms with Gasteiger partial charge in [0.25, 0.3) is 0 Å². The number of hydrogen-bond donors (Lipinski definition) is 1. The zero-order valence-electron chi connectivity index (χ0n) is 15.8. The standard InChI is InChI=1S/C20H22ClN3O3S/c1-14-4-5-15(12-18(14)21)24-19(22-23-20(24)28-11-3-10-25)13-27-17-8-6-16(26-2)7-9-17/h4-9,12,25H,3,10-11,13H2,1-2H3. The molecule has 0 saturated heterocycles. The molecule has 0 fully saturated rings. The Morgan fingerprint density at radius 2 is 1.86 bits per heavy atom. The van der Waals surface area contributed by atoms with Gasteiger partial charge in [0, 0.05) is 17.4 Å². The van der Waals surface area contributed by atoms with Crippen molar-refractivity contribution in [3.63, 3.8) is 0 Å². The molecule has 3 rings (SSSR count). The van der Waals surface area contributed by atoms with Crippen LogP contribution in [0.3, 0.4) is 0 Å². The summed E-state index contributed by atoms with van der Waals surface area (Å²) in [6.07, 6.45) is 0.684. The maximum absolute atomic E-state index is 9.05. The second-order valence-corrected chi connectivity index (χ2v) is 7.53. The largest absolute Gasteiger partial charge is 0.497 e. The van der Waals surface area contributed by atoms with E-state index in [1.54, 1.807) is 7.11 Å². The van der Waals surface area contributed by atoms with Crippen molar-refractivity contribution in [2.45, 2.75) is 25.1 Å². The summed E-state index contributed by atoms with van der Waals surface area (Å²) < 4.78 is 13.0. The van der Waals surface area contributed by atoms with E-state index in [4.69, 9.17) is 26.2 Å². The van der Waals surface area contributed by atoms with E-state index in [0.29, 0.717) is 23.0 Å². The van der Waals surface area contributed by atoms with Crippen molar-refractivity contribution < 1.29 is 14.6 Å². The van der Waals surface area contributed by atoms with Gasteiger partial charge < -0.3 is 14.6 Å². The Morgan fingerprint density at radius 1 is 1.11 bits per heavy atom. The van der Waals surface area contributed by atoms with Crippen molar-refractivity contribution in [3.8, 4) is 17.2 Å². The lowest BCUT2D eigenvalue weighted by Gasteiger charge is -2.12. The fourth-order valence-electron chi connectivity index (χ4n) is 2.52. The number of rotatable bonds is 9. The van der Waals surface area contributed by atoms with Crippen LogP contribution in [0.5, 0.6) is 11.5 Å². The minimum absolute atomic E-state index is 0.144. The molecule has 0 unspecified atom stereocenters. The molecule has 0 amide bonds. The van der Waals surface area contributed by atoms with E-state index in [9.17, 15) is 0 Å². The van der Waals surface area contributed by atoms with Crippen LogP contribution in [-0.2, 0) is 6.61 Å². The molecule has 2 aromatic carbocycles. The molecule has 0 atom stereocenters. The molecule has 1 N–H and O–H groups in total. The normalized spacial score (nSPS) is 10.9. The summed E-state index contributed by atoms with van der Waals surface area (Å²) in [5.41, 5.74) is 1.88. The zero-order chi connectivity index (χ0) is 19.9. The molecule has 1 heterocycles. The van der Waals surface area contributed by atoms with E-state index >= 15 is 0 Å². The number of aliphatic hydroxyl groups is 1. The number of aromatic nitrogens is 3. The van der Waals surface area contributed by atoms with Crippen LogP contribution in [-0.4, -0.2) is 39.3 Å². The quantitative estimate of drug-likeness (QED) is 0.412. The molecule has 0 saturated carbocycles. The summed E-state index contributed by atoms with van der Waals surface area (Å²) in [6, 6.07) is 13.2. The highest BCUT2D eigenvalue weighted by atomic mass is 35.5. The van der Waals surface area contributed by atoms with Gasteiger partial charge in [0.1, 0.15) is 18.1 Å². The number of aliphatic hydroxyl groups excluding tert-OH is 1. The number of hydrogen-bond acceptors (Lipinski definition) is 6. The lowest BCUT2D eigenvalue weighted by molar-refractivity contribution is 0.292. The fourth-order valence-corrected chi connectivity index (χ4v) is 3.58. The van der Waals surface area contributed by atoms with Crippen LogP contribution in [0.2, 0.25) is 5.02 Å². The number of methoxy groups -OCH3 is 1. The first-order valence-corrected chi connectivity index (χ1v) is 10.2. The molecule has 0 aliphatic heterocycles. The van der Waals surface area contributed by atoms with E-state index in [-0.39, 0.29) is 13.2 Å². The van der Waals surface area contributed by atoms with E-state index in [1.165, 1.54) is 11.8 Å². The summed E-state index contributed by atoms with van der Waals surface area (Å²) in [4.78, 5) is 0. The maximum Gasteiger partial charge on any atom is 0.195 e. The number of benzene rings is 2. The highest BCUT2D eigenvalue weighted by Crippen LogP contribution is 2.27. The minimum atomic E-state index is 0.144. The molecular weight excluding hydrogens is 398 g/mol. The van der Waals surface area contributed by atoms with Crippen molar-refractivity contribution in [1.29, 1.82) is 0 Å². The van der Waals surface area contributed by atoms with E-state index in [2.05, 4.69) is 10.2 Å². The average Bonchev–Trinajstić information content (AvgIpc) is 3.12. The van der Waals surface area contributed by atoms with Crippen LogP contribution >= 0.6 is 23.4 Å². The second-order valence-electron chi connectivity index (χ2n) is 6.06. The Hall–Kier alpha value is -2.22. The van der Waals surface area contributed by atoms with Crippen molar-refractivity contribution in [3.05, 3.63) is 58.9 Å². The topological polar surface area (TPSA) is 69.4 Å². The first kappa shape index (κ1) is 20.5. The smallest absolute Gasteiger partial charge is 0.195 e. The predicted molar refractivity (Wildman–Crippen MR) is 111 cm³/mol. The monoisotopic (exact) mass is 419 g/mol. The number of aryl methyl sites for hydroxylation is 1. The third-order valence-electron chi connectivity index (χ3n) is 4.07. The van der Waals surface area contributed by atoms with Gasteiger partial charge in [0.15, 0.2) is 11.0 Å². The molecule has 8 heteroatoms. The van der Waals surface area contributed by atoms with Gasteiger partial charge in [-0.2, -0.15) is 0 Å². The molecule has 0 radical (unpaired) electrons. The van der Waals surface area contributed by atoms with Gasteiger partial charge in [-0.05, 0) is 55.3 Å². The highest BCUT2D eigenvalue weighted by molar-refractivity contribution is 7.99. The number of nitrogens with zero attached hydrogens (tertiary/aromatic N) is 3. The summed E-state index contributed by atoms with van der Waals surface area (Å²) in [7, 11) is 1.63. The summed E-state index contributed by atoms with van der Waals surface area (Å²) in [5.74, 6) is 2.90.